The lowest BCUT2D eigenvalue weighted by Gasteiger charge is -2.17. The highest BCUT2D eigenvalue weighted by molar-refractivity contribution is 7.17. The van der Waals surface area contributed by atoms with Crippen molar-refractivity contribution >= 4 is 45.5 Å². The van der Waals surface area contributed by atoms with Crippen molar-refractivity contribution < 1.29 is 4.79 Å². The number of aryl methyl sites for hydroxylation is 2. The number of thiazole rings is 1. The molecule has 0 radical (unpaired) electrons. The van der Waals surface area contributed by atoms with Gasteiger partial charge >= 0.3 is 0 Å². The summed E-state index contributed by atoms with van der Waals surface area (Å²) in [5.74, 6) is 2.33. The minimum Gasteiger partial charge on any atom is -0.356 e. The van der Waals surface area contributed by atoms with Crippen LogP contribution < -0.4 is 10.2 Å². The first-order chi connectivity index (χ1) is 14.0. The van der Waals surface area contributed by atoms with Crippen LogP contribution in [0.2, 0.25) is 5.02 Å². The molecule has 150 valence electrons. The van der Waals surface area contributed by atoms with Crippen LogP contribution in [-0.2, 0) is 6.42 Å². The molecule has 1 aliphatic heterocycles. The molecule has 1 aromatic carbocycles. The van der Waals surface area contributed by atoms with Crippen molar-refractivity contribution in [1.29, 1.82) is 0 Å². The Bertz CT molecular complexity index is 1030. The van der Waals surface area contributed by atoms with E-state index in [1.807, 2.05) is 38.1 Å². The third-order valence-corrected chi connectivity index (χ3v) is 6.27. The van der Waals surface area contributed by atoms with Crippen LogP contribution in [0.4, 0.5) is 16.8 Å². The van der Waals surface area contributed by atoms with Crippen molar-refractivity contribution in [3.05, 3.63) is 57.3 Å². The van der Waals surface area contributed by atoms with E-state index in [1.54, 1.807) is 6.20 Å². The first-order valence-corrected chi connectivity index (χ1v) is 10.8. The van der Waals surface area contributed by atoms with Crippen molar-refractivity contribution in [2.45, 2.75) is 33.1 Å². The first-order valence-electron chi connectivity index (χ1n) is 9.60. The third kappa shape index (κ3) is 4.57. The van der Waals surface area contributed by atoms with Gasteiger partial charge in [-0.3, -0.25) is 4.79 Å². The second kappa shape index (κ2) is 8.47. The molecule has 0 unspecified atom stereocenters. The van der Waals surface area contributed by atoms with Gasteiger partial charge in [0.2, 0.25) is 0 Å². The number of hydrogen-bond donors (Lipinski definition) is 1. The molecule has 0 saturated carbocycles. The number of halogens is 1. The van der Waals surface area contributed by atoms with Crippen LogP contribution in [0.15, 0.2) is 30.5 Å². The summed E-state index contributed by atoms with van der Waals surface area (Å²) in [6.45, 7) is 5.89. The Kier molecular flexibility index (Phi) is 5.78. The van der Waals surface area contributed by atoms with Crippen molar-refractivity contribution in [3.63, 3.8) is 0 Å². The molecule has 1 fully saturated rings. The van der Waals surface area contributed by atoms with Crippen molar-refractivity contribution in [1.82, 2.24) is 15.0 Å². The molecule has 1 N–H and O–H groups in total. The standard InChI is InChI=1S/C21H22ClN5OS/c1-13-6-5-7-16(22)15(13)10-17(28)18-12-23-21(29-18)26-19-11-20(25-14(2)24-19)27-8-3-4-9-27/h5-7,11-12H,3-4,8-10H2,1-2H3,(H,23,24,25,26). The number of anilines is 3. The molecule has 0 atom stereocenters. The van der Waals surface area contributed by atoms with Crippen LogP contribution in [0.25, 0.3) is 0 Å². The Morgan fingerprint density at radius 1 is 1.24 bits per heavy atom. The molecule has 0 spiro atoms. The number of carbonyl (C=O) groups is 1. The number of benzene rings is 1. The zero-order valence-corrected chi connectivity index (χ0v) is 18.0. The van der Waals surface area contributed by atoms with E-state index >= 15 is 0 Å². The van der Waals surface area contributed by atoms with Gasteiger partial charge in [-0.25, -0.2) is 15.0 Å². The van der Waals surface area contributed by atoms with E-state index in [1.165, 1.54) is 24.2 Å². The molecular weight excluding hydrogens is 406 g/mol. The zero-order chi connectivity index (χ0) is 20.4. The molecule has 0 amide bonds. The highest BCUT2D eigenvalue weighted by atomic mass is 35.5. The molecule has 8 heteroatoms. The van der Waals surface area contributed by atoms with Gasteiger partial charge in [0.15, 0.2) is 10.9 Å². The number of aromatic nitrogens is 3. The Morgan fingerprint density at radius 3 is 2.79 bits per heavy atom. The SMILES string of the molecule is Cc1nc(Nc2ncc(C(=O)Cc3c(C)cccc3Cl)s2)cc(N2CCCC2)n1. The second-order valence-corrected chi connectivity index (χ2v) is 8.58. The average molecular weight is 428 g/mol. The molecule has 6 nitrogen and oxygen atoms in total. The van der Waals surface area contributed by atoms with E-state index in [0.29, 0.717) is 26.7 Å². The molecule has 1 aliphatic rings. The monoisotopic (exact) mass is 427 g/mol. The Balaban J connectivity index is 1.49. The summed E-state index contributed by atoms with van der Waals surface area (Å²) in [5.41, 5.74) is 1.88. The minimum absolute atomic E-state index is 0.00312. The molecule has 3 heterocycles. The molecule has 0 aliphatic carbocycles. The van der Waals surface area contributed by atoms with Gasteiger partial charge in [0, 0.05) is 30.6 Å². The first kappa shape index (κ1) is 19.8. The smallest absolute Gasteiger partial charge is 0.188 e. The topological polar surface area (TPSA) is 71.0 Å². The minimum atomic E-state index is 0.00312. The fourth-order valence-electron chi connectivity index (χ4n) is 3.43. The fraction of sp³-hybridized carbons (Fsp3) is 0.333. The van der Waals surface area contributed by atoms with Crippen LogP contribution in [0.5, 0.6) is 0 Å². The summed E-state index contributed by atoms with van der Waals surface area (Å²) < 4.78 is 0. The lowest BCUT2D eigenvalue weighted by molar-refractivity contribution is 0.0996. The number of carbonyl (C=O) groups excluding carboxylic acids is 1. The van der Waals surface area contributed by atoms with Gasteiger partial charge in [-0.1, -0.05) is 35.1 Å². The highest BCUT2D eigenvalue weighted by Gasteiger charge is 2.17. The largest absolute Gasteiger partial charge is 0.356 e. The van der Waals surface area contributed by atoms with Gasteiger partial charge in [-0.15, -0.1) is 0 Å². The van der Waals surface area contributed by atoms with Crippen LogP contribution in [0, 0.1) is 13.8 Å². The lowest BCUT2D eigenvalue weighted by Crippen LogP contribution is -2.19. The van der Waals surface area contributed by atoms with E-state index in [0.717, 1.165) is 30.0 Å². The maximum atomic E-state index is 12.7. The number of nitrogens with one attached hydrogen (secondary N) is 1. The quantitative estimate of drug-likeness (QED) is 0.560. The Hall–Kier alpha value is -2.51. The summed E-state index contributed by atoms with van der Waals surface area (Å²) in [7, 11) is 0. The van der Waals surface area contributed by atoms with Crippen molar-refractivity contribution in [2.75, 3.05) is 23.3 Å². The average Bonchev–Trinajstić information content (AvgIpc) is 3.36. The second-order valence-electron chi connectivity index (χ2n) is 7.14. The van der Waals surface area contributed by atoms with Gasteiger partial charge in [-0.05, 0) is 43.9 Å². The van der Waals surface area contributed by atoms with E-state index in [-0.39, 0.29) is 12.2 Å². The predicted octanol–water partition coefficient (Wildman–Crippen LogP) is 4.97. The lowest BCUT2D eigenvalue weighted by atomic mass is 10.0. The number of ketones is 1. The van der Waals surface area contributed by atoms with Gasteiger partial charge < -0.3 is 10.2 Å². The van der Waals surface area contributed by atoms with Gasteiger partial charge in [0.25, 0.3) is 0 Å². The van der Waals surface area contributed by atoms with Gasteiger partial charge in [-0.2, -0.15) is 0 Å². The summed E-state index contributed by atoms with van der Waals surface area (Å²) in [6.07, 6.45) is 4.25. The number of nitrogens with zero attached hydrogens (tertiary/aromatic N) is 4. The molecule has 0 bridgehead atoms. The van der Waals surface area contributed by atoms with E-state index in [9.17, 15) is 4.79 Å². The highest BCUT2D eigenvalue weighted by Crippen LogP contribution is 2.27. The van der Waals surface area contributed by atoms with E-state index in [4.69, 9.17) is 11.6 Å². The summed E-state index contributed by atoms with van der Waals surface area (Å²) >= 11 is 7.58. The Morgan fingerprint density at radius 2 is 2.03 bits per heavy atom. The summed E-state index contributed by atoms with van der Waals surface area (Å²) in [5, 5.41) is 4.47. The third-order valence-electron chi connectivity index (χ3n) is 4.96. The molecular formula is C21H22ClN5OS. The number of hydrogen-bond acceptors (Lipinski definition) is 7. The zero-order valence-electron chi connectivity index (χ0n) is 16.4. The van der Waals surface area contributed by atoms with Crippen LogP contribution in [0.3, 0.4) is 0 Å². The summed E-state index contributed by atoms with van der Waals surface area (Å²) in [6, 6.07) is 7.60. The van der Waals surface area contributed by atoms with Gasteiger partial charge in [0.1, 0.15) is 17.5 Å². The molecule has 3 aromatic rings. The summed E-state index contributed by atoms with van der Waals surface area (Å²) in [4.78, 5) is 28.9. The van der Waals surface area contributed by atoms with E-state index < -0.39 is 0 Å². The molecule has 4 rings (SSSR count). The van der Waals surface area contributed by atoms with Crippen molar-refractivity contribution in [3.8, 4) is 0 Å². The molecule has 2 aromatic heterocycles. The molecule has 1 saturated heterocycles. The van der Waals surface area contributed by atoms with E-state index in [2.05, 4.69) is 25.2 Å². The Labute approximate surface area is 179 Å². The maximum absolute atomic E-state index is 12.7. The maximum Gasteiger partial charge on any atom is 0.188 e. The van der Waals surface area contributed by atoms with Crippen LogP contribution in [0.1, 0.15) is 39.5 Å². The number of rotatable bonds is 6. The van der Waals surface area contributed by atoms with Crippen LogP contribution in [-0.4, -0.2) is 33.8 Å². The predicted molar refractivity (Wildman–Crippen MR) is 118 cm³/mol. The van der Waals surface area contributed by atoms with Crippen LogP contribution >= 0.6 is 22.9 Å². The fourth-order valence-corrected chi connectivity index (χ4v) is 4.48. The van der Waals surface area contributed by atoms with Crippen molar-refractivity contribution in [2.24, 2.45) is 0 Å². The normalized spacial score (nSPS) is 13.7. The van der Waals surface area contributed by atoms with Gasteiger partial charge in [0.05, 0.1) is 11.1 Å². The molecule has 29 heavy (non-hydrogen) atoms. The number of Topliss-reactive ketones (excluding diaryl/α,β-unsaturated/α-hetero) is 1.